The first kappa shape index (κ1) is 15.3. The van der Waals surface area contributed by atoms with Crippen LogP contribution in [0, 0.1) is 5.92 Å². The highest BCUT2D eigenvalue weighted by Crippen LogP contribution is 2.35. The topological polar surface area (TPSA) is 90.5 Å². The molecule has 2 amide bonds. The Hall–Kier alpha value is -1.57. The molecule has 2 aliphatic heterocycles. The van der Waals surface area contributed by atoms with Crippen LogP contribution in [0.25, 0.3) is 0 Å². The molecule has 1 fully saturated rings. The van der Waals surface area contributed by atoms with Crippen molar-refractivity contribution in [3.8, 4) is 0 Å². The summed E-state index contributed by atoms with van der Waals surface area (Å²) in [4.78, 5) is 24.9. The average Bonchev–Trinajstić information content (AvgIpc) is 2.91. The maximum absolute atomic E-state index is 12.2. The van der Waals surface area contributed by atoms with Crippen LogP contribution in [0.1, 0.15) is 17.3 Å². The molecule has 2 aliphatic rings. The van der Waals surface area contributed by atoms with Gasteiger partial charge in [0.2, 0.25) is 5.91 Å². The third-order valence-corrected chi connectivity index (χ3v) is 5.18. The van der Waals surface area contributed by atoms with E-state index < -0.39 is 6.10 Å². The average molecular weight is 321 g/mol. The fraction of sp³-hybridized carbons (Fsp3) is 0.467. The van der Waals surface area contributed by atoms with Crippen LogP contribution in [-0.4, -0.2) is 47.9 Å². The van der Waals surface area contributed by atoms with E-state index in [1.807, 2.05) is 13.0 Å². The highest BCUT2D eigenvalue weighted by atomic mass is 32.2. The Morgan fingerprint density at radius 3 is 3.00 bits per heavy atom. The first-order valence-electron chi connectivity index (χ1n) is 7.33. The number of carbonyl (C=O) groups excluding carboxylic acids is 2. The van der Waals surface area contributed by atoms with Gasteiger partial charge in [0, 0.05) is 36.0 Å². The molecular weight excluding hydrogens is 302 g/mol. The van der Waals surface area contributed by atoms with Crippen LogP contribution in [0.5, 0.6) is 0 Å². The molecular formula is C15H19N3O3S. The highest BCUT2D eigenvalue weighted by molar-refractivity contribution is 8.00. The van der Waals surface area contributed by atoms with Crippen LogP contribution in [0.4, 0.5) is 5.69 Å². The van der Waals surface area contributed by atoms with Crippen LogP contribution in [0.3, 0.4) is 0 Å². The molecule has 22 heavy (non-hydrogen) atoms. The van der Waals surface area contributed by atoms with Gasteiger partial charge in [-0.25, -0.2) is 0 Å². The van der Waals surface area contributed by atoms with Crippen molar-refractivity contribution >= 4 is 29.3 Å². The van der Waals surface area contributed by atoms with Crippen molar-refractivity contribution in [2.24, 2.45) is 5.92 Å². The minimum absolute atomic E-state index is 0.0395. The summed E-state index contributed by atoms with van der Waals surface area (Å²) in [6.07, 6.45) is -0.416. The van der Waals surface area contributed by atoms with E-state index in [2.05, 4.69) is 16.0 Å². The minimum atomic E-state index is -0.416. The van der Waals surface area contributed by atoms with Crippen molar-refractivity contribution in [2.75, 3.05) is 25.0 Å². The lowest BCUT2D eigenvalue weighted by Crippen LogP contribution is -2.34. The lowest BCUT2D eigenvalue weighted by Gasteiger charge is -2.22. The van der Waals surface area contributed by atoms with Crippen LogP contribution >= 0.6 is 11.8 Å². The number of fused-ring (bicyclic) bond motifs is 1. The van der Waals surface area contributed by atoms with E-state index in [-0.39, 0.29) is 23.0 Å². The number of benzene rings is 1. The van der Waals surface area contributed by atoms with Gasteiger partial charge in [-0.05, 0) is 25.1 Å². The molecule has 0 radical (unpaired) electrons. The van der Waals surface area contributed by atoms with Crippen molar-refractivity contribution in [3.05, 3.63) is 23.8 Å². The molecule has 1 saturated heterocycles. The van der Waals surface area contributed by atoms with Gasteiger partial charge in [-0.3, -0.25) is 9.59 Å². The first-order chi connectivity index (χ1) is 10.5. The Balaban J connectivity index is 1.66. The van der Waals surface area contributed by atoms with Gasteiger partial charge in [-0.1, -0.05) is 0 Å². The molecule has 3 unspecified atom stereocenters. The van der Waals surface area contributed by atoms with Crippen LogP contribution in [0.2, 0.25) is 0 Å². The largest absolute Gasteiger partial charge is 0.391 e. The number of carbonyl (C=O) groups is 2. The van der Waals surface area contributed by atoms with Crippen molar-refractivity contribution < 1.29 is 14.7 Å². The third-order valence-electron chi connectivity index (χ3n) is 4.00. The van der Waals surface area contributed by atoms with E-state index >= 15 is 0 Å². The first-order valence-corrected chi connectivity index (χ1v) is 8.21. The SMILES string of the molecule is CC1Sc2ccc(C(=O)NCC3CNCC3O)cc2NC1=O. The summed E-state index contributed by atoms with van der Waals surface area (Å²) in [5, 5.41) is 18.3. The van der Waals surface area contributed by atoms with Crippen LogP contribution < -0.4 is 16.0 Å². The molecule has 118 valence electrons. The van der Waals surface area contributed by atoms with E-state index in [0.29, 0.717) is 30.9 Å². The number of amides is 2. The molecule has 0 aliphatic carbocycles. The molecule has 7 heteroatoms. The van der Waals surface area contributed by atoms with Gasteiger partial charge in [-0.15, -0.1) is 11.8 Å². The Labute approximate surface area is 133 Å². The number of rotatable bonds is 3. The molecule has 6 nitrogen and oxygen atoms in total. The summed E-state index contributed by atoms with van der Waals surface area (Å²) in [7, 11) is 0. The molecule has 0 aromatic heterocycles. The zero-order valence-corrected chi connectivity index (χ0v) is 13.1. The Kier molecular flexibility index (Phi) is 4.37. The zero-order chi connectivity index (χ0) is 15.7. The number of hydrogen-bond donors (Lipinski definition) is 4. The van der Waals surface area contributed by atoms with Crippen molar-refractivity contribution in [1.29, 1.82) is 0 Å². The molecule has 0 bridgehead atoms. The number of aliphatic hydroxyl groups excluding tert-OH is 1. The monoisotopic (exact) mass is 321 g/mol. The molecule has 1 aromatic rings. The molecule has 0 saturated carbocycles. The van der Waals surface area contributed by atoms with Gasteiger partial charge in [0.1, 0.15) is 0 Å². The van der Waals surface area contributed by atoms with Crippen LogP contribution in [-0.2, 0) is 4.79 Å². The summed E-state index contributed by atoms with van der Waals surface area (Å²) in [5.74, 6) is -0.201. The van der Waals surface area contributed by atoms with Crippen molar-refractivity contribution in [2.45, 2.75) is 23.2 Å². The van der Waals surface area contributed by atoms with Crippen molar-refractivity contribution in [1.82, 2.24) is 10.6 Å². The molecule has 3 atom stereocenters. The predicted octanol–water partition coefficient (Wildman–Crippen LogP) is 0.429. The summed E-state index contributed by atoms with van der Waals surface area (Å²) in [5.41, 5.74) is 1.19. The Bertz CT molecular complexity index is 608. The van der Waals surface area contributed by atoms with E-state index in [1.165, 1.54) is 11.8 Å². The summed E-state index contributed by atoms with van der Waals surface area (Å²) in [6, 6.07) is 5.32. The van der Waals surface area contributed by atoms with Gasteiger partial charge in [0.15, 0.2) is 0 Å². The van der Waals surface area contributed by atoms with Gasteiger partial charge in [0.05, 0.1) is 17.0 Å². The second-order valence-corrected chi connectivity index (χ2v) is 7.04. The van der Waals surface area contributed by atoms with Crippen molar-refractivity contribution in [3.63, 3.8) is 0 Å². The quantitative estimate of drug-likeness (QED) is 0.648. The zero-order valence-electron chi connectivity index (χ0n) is 12.3. The number of thioether (sulfide) groups is 1. The lowest BCUT2D eigenvalue weighted by atomic mass is 10.1. The second-order valence-electron chi connectivity index (χ2n) is 5.66. The fourth-order valence-corrected chi connectivity index (χ4v) is 3.53. The van der Waals surface area contributed by atoms with Gasteiger partial charge < -0.3 is 21.1 Å². The standard InChI is InChI=1S/C15H19N3O3S/c1-8-14(20)18-11-4-9(2-3-13(11)22-8)15(21)17-6-10-5-16-7-12(10)19/h2-4,8,10,12,16,19H,5-7H2,1H3,(H,17,21)(H,18,20). The maximum atomic E-state index is 12.2. The molecule has 3 rings (SSSR count). The van der Waals surface area contributed by atoms with Gasteiger partial charge >= 0.3 is 0 Å². The number of aliphatic hydroxyl groups is 1. The predicted molar refractivity (Wildman–Crippen MR) is 85.1 cm³/mol. The maximum Gasteiger partial charge on any atom is 0.251 e. The van der Waals surface area contributed by atoms with E-state index in [9.17, 15) is 14.7 Å². The molecule has 4 N–H and O–H groups in total. The second kappa shape index (κ2) is 6.28. The Morgan fingerprint density at radius 1 is 1.45 bits per heavy atom. The lowest BCUT2D eigenvalue weighted by molar-refractivity contribution is -0.115. The molecule has 1 aromatic carbocycles. The number of nitrogens with one attached hydrogen (secondary N) is 3. The van der Waals surface area contributed by atoms with E-state index in [1.54, 1.807) is 12.1 Å². The van der Waals surface area contributed by atoms with E-state index in [4.69, 9.17) is 0 Å². The minimum Gasteiger partial charge on any atom is -0.391 e. The smallest absolute Gasteiger partial charge is 0.251 e. The molecule has 2 heterocycles. The highest BCUT2D eigenvalue weighted by Gasteiger charge is 2.26. The van der Waals surface area contributed by atoms with Gasteiger partial charge in [0.25, 0.3) is 5.91 Å². The number of anilines is 1. The van der Waals surface area contributed by atoms with E-state index in [0.717, 1.165) is 4.90 Å². The summed E-state index contributed by atoms with van der Waals surface area (Å²) >= 11 is 1.49. The fourth-order valence-electron chi connectivity index (χ4n) is 2.60. The third kappa shape index (κ3) is 3.11. The Morgan fingerprint density at radius 2 is 2.27 bits per heavy atom. The number of β-amino-alcohol motifs (C(OH)–C–C–N with tert-alkyl or cyclic N) is 1. The normalized spacial score (nSPS) is 27.2. The van der Waals surface area contributed by atoms with Crippen LogP contribution in [0.15, 0.2) is 23.1 Å². The summed E-state index contributed by atoms with van der Waals surface area (Å²) in [6.45, 7) is 3.56. The summed E-state index contributed by atoms with van der Waals surface area (Å²) < 4.78 is 0. The molecule has 0 spiro atoms. The number of hydrogen-bond acceptors (Lipinski definition) is 5. The van der Waals surface area contributed by atoms with Gasteiger partial charge in [-0.2, -0.15) is 0 Å².